The SMILES string of the molecule is CCCCCC(CC(C)OC)c1ccccc1C(=O)O. The summed E-state index contributed by atoms with van der Waals surface area (Å²) in [4.78, 5) is 11.4. The van der Waals surface area contributed by atoms with Gasteiger partial charge in [-0.25, -0.2) is 4.79 Å². The van der Waals surface area contributed by atoms with Crippen molar-refractivity contribution >= 4 is 5.97 Å². The first-order valence-electron chi connectivity index (χ1n) is 7.45. The van der Waals surface area contributed by atoms with E-state index in [-0.39, 0.29) is 12.0 Å². The van der Waals surface area contributed by atoms with Gasteiger partial charge in [0, 0.05) is 7.11 Å². The first kappa shape index (κ1) is 16.7. The van der Waals surface area contributed by atoms with Gasteiger partial charge in [-0.05, 0) is 37.3 Å². The predicted molar refractivity (Wildman–Crippen MR) is 81.4 cm³/mol. The van der Waals surface area contributed by atoms with Crippen LogP contribution < -0.4 is 0 Å². The lowest BCUT2D eigenvalue weighted by molar-refractivity contribution is 0.0692. The molecule has 1 aromatic carbocycles. The van der Waals surface area contributed by atoms with E-state index in [1.165, 1.54) is 12.8 Å². The molecule has 112 valence electrons. The number of unbranched alkanes of at least 4 members (excludes halogenated alkanes) is 2. The van der Waals surface area contributed by atoms with Gasteiger partial charge in [-0.15, -0.1) is 0 Å². The minimum absolute atomic E-state index is 0.142. The van der Waals surface area contributed by atoms with E-state index in [4.69, 9.17) is 4.74 Å². The van der Waals surface area contributed by atoms with Gasteiger partial charge >= 0.3 is 5.97 Å². The topological polar surface area (TPSA) is 46.5 Å². The highest BCUT2D eigenvalue weighted by atomic mass is 16.5. The van der Waals surface area contributed by atoms with E-state index < -0.39 is 5.97 Å². The Labute approximate surface area is 122 Å². The largest absolute Gasteiger partial charge is 0.478 e. The van der Waals surface area contributed by atoms with Crippen LogP contribution in [0.2, 0.25) is 0 Å². The summed E-state index contributed by atoms with van der Waals surface area (Å²) in [6.45, 7) is 4.22. The normalized spacial score (nSPS) is 13.9. The number of carboxylic acids is 1. The Morgan fingerprint density at radius 2 is 2.00 bits per heavy atom. The summed E-state index contributed by atoms with van der Waals surface area (Å²) in [6.07, 6.45) is 5.52. The number of methoxy groups -OCH3 is 1. The molecule has 1 rings (SSSR count). The van der Waals surface area contributed by atoms with Crippen LogP contribution in [0.3, 0.4) is 0 Å². The number of carboxylic acid groups (broad SMARTS) is 1. The highest BCUT2D eigenvalue weighted by molar-refractivity contribution is 5.89. The van der Waals surface area contributed by atoms with Gasteiger partial charge < -0.3 is 9.84 Å². The maximum Gasteiger partial charge on any atom is 0.335 e. The maximum absolute atomic E-state index is 11.4. The Hall–Kier alpha value is -1.35. The lowest BCUT2D eigenvalue weighted by Crippen LogP contribution is -2.14. The Bertz CT molecular complexity index is 414. The molecule has 0 aliphatic rings. The van der Waals surface area contributed by atoms with Crippen molar-refractivity contribution in [2.24, 2.45) is 0 Å². The van der Waals surface area contributed by atoms with Crippen LogP contribution in [0.15, 0.2) is 24.3 Å². The van der Waals surface area contributed by atoms with E-state index in [1.54, 1.807) is 19.2 Å². The molecule has 0 amide bonds. The van der Waals surface area contributed by atoms with Gasteiger partial charge in [0.15, 0.2) is 0 Å². The molecule has 0 aromatic heterocycles. The standard InChI is InChI=1S/C17H26O3/c1-4-5-6-9-14(12-13(2)20-3)15-10-7-8-11-16(15)17(18)19/h7-8,10-11,13-14H,4-6,9,12H2,1-3H3,(H,18,19). The average molecular weight is 278 g/mol. The van der Waals surface area contributed by atoms with Crippen LogP contribution in [0, 0.1) is 0 Å². The molecule has 0 fully saturated rings. The van der Waals surface area contributed by atoms with Crippen LogP contribution in [0.25, 0.3) is 0 Å². The van der Waals surface area contributed by atoms with Crippen LogP contribution in [-0.2, 0) is 4.74 Å². The second-order valence-electron chi connectivity index (χ2n) is 5.37. The number of hydrogen-bond donors (Lipinski definition) is 1. The smallest absolute Gasteiger partial charge is 0.335 e. The van der Waals surface area contributed by atoms with Crippen molar-refractivity contribution in [3.8, 4) is 0 Å². The van der Waals surface area contributed by atoms with Crippen LogP contribution >= 0.6 is 0 Å². The number of rotatable bonds is 9. The molecule has 1 aromatic rings. The van der Waals surface area contributed by atoms with E-state index in [9.17, 15) is 9.90 Å². The summed E-state index contributed by atoms with van der Waals surface area (Å²) in [5.74, 6) is -0.588. The number of ether oxygens (including phenoxy) is 1. The van der Waals surface area contributed by atoms with E-state index in [0.717, 1.165) is 24.8 Å². The van der Waals surface area contributed by atoms with Crippen molar-refractivity contribution in [2.75, 3.05) is 7.11 Å². The maximum atomic E-state index is 11.4. The fourth-order valence-electron chi connectivity index (χ4n) is 2.59. The van der Waals surface area contributed by atoms with Crippen molar-refractivity contribution in [1.82, 2.24) is 0 Å². The summed E-state index contributed by atoms with van der Waals surface area (Å²) in [6, 6.07) is 7.35. The molecule has 0 spiro atoms. The van der Waals surface area contributed by atoms with Crippen LogP contribution in [0.1, 0.15) is 67.8 Å². The summed E-state index contributed by atoms with van der Waals surface area (Å²) >= 11 is 0. The van der Waals surface area contributed by atoms with Crippen molar-refractivity contribution < 1.29 is 14.6 Å². The van der Waals surface area contributed by atoms with Gasteiger partial charge in [-0.1, -0.05) is 44.4 Å². The highest BCUT2D eigenvalue weighted by Gasteiger charge is 2.20. The number of hydrogen-bond acceptors (Lipinski definition) is 2. The zero-order valence-electron chi connectivity index (χ0n) is 12.8. The molecule has 0 radical (unpaired) electrons. The van der Waals surface area contributed by atoms with E-state index >= 15 is 0 Å². The summed E-state index contributed by atoms with van der Waals surface area (Å²) in [7, 11) is 1.71. The molecule has 0 saturated carbocycles. The minimum atomic E-state index is -0.842. The predicted octanol–water partition coefficient (Wildman–Crippen LogP) is 4.47. The molecular weight excluding hydrogens is 252 g/mol. The van der Waals surface area contributed by atoms with Crippen molar-refractivity contribution in [3.63, 3.8) is 0 Å². The third-order valence-electron chi connectivity index (χ3n) is 3.81. The molecule has 0 aliphatic carbocycles. The lowest BCUT2D eigenvalue weighted by Gasteiger charge is -2.22. The molecule has 20 heavy (non-hydrogen) atoms. The van der Waals surface area contributed by atoms with Gasteiger partial charge in [-0.3, -0.25) is 0 Å². The zero-order chi connectivity index (χ0) is 15.0. The molecular formula is C17H26O3. The Kier molecular flexibility index (Phi) is 7.31. The van der Waals surface area contributed by atoms with Crippen molar-refractivity contribution in [3.05, 3.63) is 35.4 Å². The van der Waals surface area contributed by atoms with E-state index in [2.05, 4.69) is 6.92 Å². The third kappa shape index (κ3) is 4.97. The fraction of sp³-hybridized carbons (Fsp3) is 0.588. The number of carbonyl (C=O) groups is 1. The van der Waals surface area contributed by atoms with Crippen LogP contribution in [-0.4, -0.2) is 24.3 Å². The molecule has 2 unspecified atom stereocenters. The van der Waals surface area contributed by atoms with Crippen molar-refractivity contribution in [2.45, 2.75) is 58.0 Å². The molecule has 3 nitrogen and oxygen atoms in total. The Morgan fingerprint density at radius 1 is 1.30 bits per heavy atom. The minimum Gasteiger partial charge on any atom is -0.478 e. The van der Waals surface area contributed by atoms with Crippen molar-refractivity contribution in [1.29, 1.82) is 0 Å². The molecule has 0 heterocycles. The van der Waals surface area contributed by atoms with Gasteiger partial charge in [0.05, 0.1) is 11.7 Å². The second-order valence-corrected chi connectivity index (χ2v) is 5.37. The summed E-state index contributed by atoms with van der Waals surface area (Å²) in [5, 5.41) is 9.35. The van der Waals surface area contributed by atoms with Gasteiger partial charge in [0.25, 0.3) is 0 Å². The molecule has 0 saturated heterocycles. The Morgan fingerprint density at radius 3 is 2.60 bits per heavy atom. The first-order valence-corrected chi connectivity index (χ1v) is 7.45. The number of benzene rings is 1. The summed E-state index contributed by atoms with van der Waals surface area (Å²) in [5.41, 5.74) is 1.37. The molecule has 2 atom stereocenters. The first-order chi connectivity index (χ1) is 9.60. The average Bonchev–Trinajstić information content (AvgIpc) is 2.46. The van der Waals surface area contributed by atoms with E-state index in [1.807, 2.05) is 19.1 Å². The fourth-order valence-corrected chi connectivity index (χ4v) is 2.59. The second kappa shape index (κ2) is 8.75. The Balaban J connectivity index is 2.93. The quantitative estimate of drug-likeness (QED) is 0.678. The van der Waals surface area contributed by atoms with Gasteiger partial charge in [0.1, 0.15) is 0 Å². The molecule has 1 N–H and O–H groups in total. The molecule has 0 aliphatic heterocycles. The monoisotopic (exact) mass is 278 g/mol. The zero-order valence-corrected chi connectivity index (χ0v) is 12.8. The van der Waals surface area contributed by atoms with E-state index in [0.29, 0.717) is 5.56 Å². The molecule has 0 bridgehead atoms. The third-order valence-corrected chi connectivity index (χ3v) is 3.81. The van der Waals surface area contributed by atoms with Crippen LogP contribution in [0.4, 0.5) is 0 Å². The van der Waals surface area contributed by atoms with Crippen LogP contribution in [0.5, 0.6) is 0 Å². The summed E-state index contributed by atoms with van der Waals surface area (Å²) < 4.78 is 5.36. The lowest BCUT2D eigenvalue weighted by atomic mass is 9.86. The molecule has 3 heteroatoms. The number of aromatic carboxylic acids is 1. The highest BCUT2D eigenvalue weighted by Crippen LogP contribution is 2.30. The van der Waals surface area contributed by atoms with Gasteiger partial charge in [-0.2, -0.15) is 0 Å². The van der Waals surface area contributed by atoms with Gasteiger partial charge in [0.2, 0.25) is 0 Å².